The van der Waals surface area contributed by atoms with Crippen molar-refractivity contribution in [3.8, 4) is 11.5 Å². The van der Waals surface area contributed by atoms with Crippen molar-refractivity contribution in [2.24, 2.45) is 0 Å². The minimum absolute atomic E-state index is 0.554. The molecule has 24 heavy (non-hydrogen) atoms. The molecule has 0 saturated heterocycles. The van der Waals surface area contributed by atoms with Crippen molar-refractivity contribution < 1.29 is 9.47 Å². The molecule has 1 radical (unpaired) electrons. The first kappa shape index (κ1) is 16.1. The molecule has 121 valence electrons. The SMILES string of the molecule is [CH2]Cc1cc(OCc2ccccc2)ccc1OCc1ccccc1. The molecule has 0 fully saturated rings. The molecule has 0 saturated carbocycles. The van der Waals surface area contributed by atoms with Gasteiger partial charge in [0, 0.05) is 0 Å². The van der Waals surface area contributed by atoms with Crippen LogP contribution in [-0.4, -0.2) is 0 Å². The van der Waals surface area contributed by atoms with Crippen LogP contribution in [0.1, 0.15) is 16.7 Å². The lowest BCUT2D eigenvalue weighted by Crippen LogP contribution is -2.00. The van der Waals surface area contributed by atoms with Crippen molar-refractivity contribution in [2.45, 2.75) is 19.6 Å². The first-order valence-corrected chi connectivity index (χ1v) is 8.11. The summed E-state index contributed by atoms with van der Waals surface area (Å²) in [6, 6.07) is 26.2. The minimum atomic E-state index is 0.554. The quantitative estimate of drug-likeness (QED) is 0.594. The Labute approximate surface area is 143 Å². The number of hydrogen-bond acceptors (Lipinski definition) is 2. The lowest BCUT2D eigenvalue weighted by Gasteiger charge is -2.13. The Bertz CT molecular complexity index is 751. The summed E-state index contributed by atoms with van der Waals surface area (Å²) in [5.74, 6) is 1.70. The van der Waals surface area contributed by atoms with Crippen LogP contribution in [0.2, 0.25) is 0 Å². The van der Waals surface area contributed by atoms with E-state index >= 15 is 0 Å². The van der Waals surface area contributed by atoms with Gasteiger partial charge in [0.2, 0.25) is 0 Å². The zero-order valence-electron chi connectivity index (χ0n) is 13.7. The molecule has 3 aromatic rings. The van der Waals surface area contributed by atoms with Gasteiger partial charge in [0.05, 0.1) is 0 Å². The van der Waals surface area contributed by atoms with E-state index in [1.807, 2.05) is 54.6 Å². The maximum Gasteiger partial charge on any atom is 0.123 e. The third kappa shape index (κ3) is 4.39. The highest BCUT2D eigenvalue weighted by Crippen LogP contribution is 2.26. The second-order valence-corrected chi connectivity index (χ2v) is 5.57. The average molecular weight is 317 g/mol. The smallest absolute Gasteiger partial charge is 0.123 e. The monoisotopic (exact) mass is 317 g/mol. The van der Waals surface area contributed by atoms with Gasteiger partial charge in [0.25, 0.3) is 0 Å². The fraction of sp³-hybridized carbons (Fsp3) is 0.136. The molecule has 0 unspecified atom stereocenters. The van der Waals surface area contributed by atoms with E-state index in [-0.39, 0.29) is 0 Å². The van der Waals surface area contributed by atoms with Crippen LogP contribution in [0.5, 0.6) is 11.5 Å². The zero-order valence-corrected chi connectivity index (χ0v) is 13.7. The molecule has 3 aromatic carbocycles. The molecule has 2 heteroatoms. The van der Waals surface area contributed by atoms with Gasteiger partial charge >= 0.3 is 0 Å². The zero-order chi connectivity index (χ0) is 16.6. The normalized spacial score (nSPS) is 10.4. The molecule has 0 bridgehead atoms. The molecule has 0 heterocycles. The summed E-state index contributed by atoms with van der Waals surface area (Å²) in [6.45, 7) is 5.11. The standard InChI is InChI=1S/C22H21O2/c1-2-20-15-21(23-16-18-9-5-3-6-10-18)13-14-22(20)24-17-19-11-7-4-8-12-19/h3-15H,1-2,16-17H2. The molecule has 0 atom stereocenters. The summed E-state index contributed by atoms with van der Waals surface area (Å²) < 4.78 is 11.8. The van der Waals surface area contributed by atoms with Crippen LogP contribution in [0.3, 0.4) is 0 Å². The van der Waals surface area contributed by atoms with E-state index in [1.165, 1.54) is 0 Å². The van der Waals surface area contributed by atoms with Gasteiger partial charge in [-0.25, -0.2) is 0 Å². The van der Waals surface area contributed by atoms with Crippen molar-refractivity contribution >= 4 is 0 Å². The van der Waals surface area contributed by atoms with Gasteiger partial charge in [-0.3, -0.25) is 0 Å². The number of benzene rings is 3. The summed E-state index contributed by atoms with van der Waals surface area (Å²) in [4.78, 5) is 0. The molecule has 0 spiro atoms. The molecule has 0 N–H and O–H groups in total. The third-order valence-electron chi connectivity index (χ3n) is 3.79. The van der Waals surface area contributed by atoms with E-state index in [1.54, 1.807) is 0 Å². The minimum Gasteiger partial charge on any atom is -0.489 e. The Morgan fingerprint density at radius 1 is 0.667 bits per heavy atom. The highest BCUT2D eigenvalue weighted by atomic mass is 16.5. The summed E-state index contributed by atoms with van der Waals surface area (Å²) in [6.07, 6.45) is 0.659. The number of rotatable bonds is 7. The predicted molar refractivity (Wildman–Crippen MR) is 97.1 cm³/mol. The Kier molecular flexibility index (Phi) is 5.52. The molecular weight excluding hydrogens is 296 g/mol. The lowest BCUT2D eigenvalue weighted by atomic mass is 10.1. The van der Waals surface area contributed by atoms with Crippen LogP contribution in [0.15, 0.2) is 78.9 Å². The maximum absolute atomic E-state index is 5.94. The van der Waals surface area contributed by atoms with E-state index < -0.39 is 0 Å². The third-order valence-corrected chi connectivity index (χ3v) is 3.79. The molecule has 0 aromatic heterocycles. The molecule has 0 amide bonds. The number of ether oxygens (including phenoxy) is 2. The van der Waals surface area contributed by atoms with E-state index in [9.17, 15) is 0 Å². The first-order valence-electron chi connectivity index (χ1n) is 8.11. The van der Waals surface area contributed by atoms with E-state index in [2.05, 4.69) is 31.2 Å². The van der Waals surface area contributed by atoms with Gasteiger partial charge in [-0.15, -0.1) is 0 Å². The largest absolute Gasteiger partial charge is 0.489 e. The van der Waals surface area contributed by atoms with Gasteiger partial charge in [0.15, 0.2) is 0 Å². The fourth-order valence-corrected chi connectivity index (χ4v) is 2.46. The Balaban J connectivity index is 1.64. The van der Waals surface area contributed by atoms with E-state index in [0.29, 0.717) is 19.6 Å². The van der Waals surface area contributed by atoms with E-state index in [0.717, 1.165) is 28.2 Å². The Morgan fingerprint density at radius 3 is 1.83 bits per heavy atom. The Morgan fingerprint density at radius 2 is 1.25 bits per heavy atom. The molecule has 3 rings (SSSR count). The van der Waals surface area contributed by atoms with Gasteiger partial charge in [-0.2, -0.15) is 0 Å². The van der Waals surface area contributed by atoms with Crippen LogP contribution >= 0.6 is 0 Å². The highest BCUT2D eigenvalue weighted by molar-refractivity contribution is 5.41. The van der Waals surface area contributed by atoms with Gasteiger partial charge < -0.3 is 9.47 Å². The molecular formula is C22H21O2. The van der Waals surface area contributed by atoms with Crippen LogP contribution < -0.4 is 9.47 Å². The summed E-state index contributed by atoms with van der Waals surface area (Å²) in [7, 11) is 0. The van der Waals surface area contributed by atoms with Crippen molar-refractivity contribution in [1.29, 1.82) is 0 Å². The maximum atomic E-state index is 5.94. The van der Waals surface area contributed by atoms with Crippen LogP contribution in [0.25, 0.3) is 0 Å². The van der Waals surface area contributed by atoms with Crippen molar-refractivity contribution in [3.63, 3.8) is 0 Å². The topological polar surface area (TPSA) is 18.5 Å². The first-order chi connectivity index (χ1) is 11.8. The number of hydrogen-bond donors (Lipinski definition) is 0. The lowest BCUT2D eigenvalue weighted by molar-refractivity contribution is 0.295. The second kappa shape index (κ2) is 8.21. The predicted octanol–water partition coefficient (Wildman–Crippen LogP) is 5.22. The average Bonchev–Trinajstić information content (AvgIpc) is 2.66. The van der Waals surface area contributed by atoms with Gasteiger partial charge in [0.1, 0.15) is 24.7 Å². The van der Waals surface area contributed by atoms with Crippen LogP contribution in [0.4, 0.5) is 0 Å². The van der Waals surface area contributed by atoms with Gasteiger partial charge in [-0.1, -0.05) is 60.7 Å². The fourth-order valence-electron chi connectivity index (χ4n) is 2.46. The molecule has 0 aliphatic carbocycles. The van der Waals surface area contributed by atoms with Crippen LogP contribution in [0, 0.1) is 6.92 Å². The summed E-state index contributed by atoms with van der Waals surface area (Å²) >= 11 is 0. The second-order valence-electron chi connectivity index (χ2n) is 5.57. The summed E-state index contributed by atoms with van der Waals surface area (Å²) in [5, 5.41) is 0. The van der Waals surface area contributed by atoms with Crippen molar-refractivity contribution in [1.82, 2.24) is 0 Å². The molecule has 0 aliphatic rings. The molecule has 2 nitrogen and oxygen atoms in total. The van der Waals surface area contributed by atoms with Gasteiger partial charge in [-0.05, 0) is 48.2 Å². The highest BCUT2D eigenvalue weighted by Gasteiger charge is 2.05. The van der Waals surface area contributed by atoms with E-state index in [4.69, 9.17) is 9.47 Å². The van der Waals surface area contributed by atoms with Crippen molar-refractivity contribution in [3.05, 3.63) is 102 Å². The van der Waals surface area contributed by atoms with Crippen LogP contribution in [-0.2, 0) is 19.6 Å². The Hall–Kier alpha value is -2.74. The molecule has 0 aliphatic heterocycles. The summed E-state index contributed by atoms with van der Waals surface area (Å²) in [5.41, 5.74) is 3.35. The van der Waals surface area contributed by atoms with Crippen molar-refractivity contribution in [2.75, 3.05) is 0 Å².